The summed E-state index contributed by atoms with van der Waals surface area (Å²) in [6.07, 6.45) is 0. The van der Waals surface area contributed by atoms with Crippen LogP contribution in [0.5, 0.6) is 0 Å². The van der Waals surface area contributed by atoms with E-state index in [2.05, 4.69) is 205 Å². The molecular weight excluding hydrogens is 683 g/mol. The number of aromatic nitrogens is 1. The molecule has 2 heterocycles. The van der Waals surface area contributed by atoms with Crippen molar-refractivity contribution in [2.24, 2.45) is 0 Å². The van der Waals surface area contributed by atoms with Crippen LogP contribution in [0.4, 0.5) is 0 Å². The minimum atomic E-state index is -0.455. The van der Waals surface area contributed by atoms with Gasteiger partial charge in [0.1, 0.15) is 0 Å². The second-order valence-corrected chi connectivity index (χ2v) is 15.8. The van der Waals surface area contributed by atoms with Crippen LogP contribution >= 0.6 is 11.8 Å². The molecule has 1 aromatic heterocycles. The van der Waals surface area contributed by atoms with Crippen molar-refractivity contribution in [1.82, 2.24) is 4.57 Å². The Hall–Kier alpha value is -6.61. The zero-order valence-corrected chi connectivity index (χ0v) is 30.7. The summed E-state index contributed by atoms with van der Waals surface area (Å²) < 4.78 is 2.58. The molecular formula is C53H33NS. The van der Waals surface area contributed by atoms with Gasteiger partial charge in [0.25, 0.3) is 0 Å². The van der Waals surface area contributed by atoms with E-state index >= 15 is 0 Å². The van der Waals surface area contributed by atoms with E-state index in [1.165, 1.54) is 98.0 Å². The van der Waals surface area contributed by atoms with Crippen molar-refractivity contribution in [3.8, 4) is 39.1 Å². The Morgan fingerprint density at radius 3 is 1.67 bits per heavy atom. The van der Waals surface area contributed by atoms with Crippen molar-refractivity contribution in [3.63, 3.8) is 0 Å². The quantitative estimate of drug-likeness (QED) is 0.176. The Bertz CT molecular complexity index is 3070. The molecule has 1 aliphatic carbocycles. The second-order valence-electron chi connectivity index (χ2n) is 14.8. The van der Waals surface area contributed by atoms with Crippen LogP contribution in [0.2, 0.25) is 0 Å². The van der Waals surface area contributed by atoms with Gasteiger partial charge in [-0.3, -0.25) is 0 Å². The molecule has 0 radical (unpaired) electrons. The van der Waals surface area contributed by atoms with Crippen molar-refractivity contribution in [2.75, 3.05) is 0 Å². The predicted octanol–water partition coefficient (Wildman–Crippen LogP) is 14.1. The van der Waals surface area contributed by atoms with Gasteiger partial charge in [0.2, 0.25) is 0 Å². The third kappa shape index (κ3) is 4.26. The van der Waals surface area contributed by atoms with E-state index in [0.717, 1.165) is 5.69 Å². The monoisotopic (exact) mass is 715 g/mol. The van der Waals surface area contributed by atoms with Crippen LogP contribution in [-0.4, -0.2) is 4.57 Å². The van der Waals surface area contributed by atoms with Crippen LogP contribution in [0.1, 0.15) is 22.3 Å². The Morgan fingerprint density at radius 2 is 0.982 bits per heavy atom. The first kappa shape index (κ1) is 30.8. The van der Waals surface area contributed by atoms with E-state index in [9.17, 15) is 0 Å². The smallest absolute Gasteiger partial charge is 0.0736 e. The highest BCUT2D eigenvalue weighted by Crippen LogP contribution is 2.63. The van der Waals surface area contributed by atoms with E-state index in [1.807, 2.05) is 11.8 Å². The van der Waals surface area contributed by atoms with Gasteiger partial charge in [-0.15, -0.1) is 0 Å². The predicted molar refractivity (Wildman–Crippen MR) is 231 cm³/mol. The summed E-state index contributed by atoms with van der Waals surface area (Å²) in [6.45, 7) is 0. The van der Waals surface area contributed by atoms with Crippen LogP contribution in [0.25, 0.3) is 71.6 Å². The van der Waals surface area contributed by atoms with Crippen molar-refractivity contribution < 1.29 is 0 Å². The second kappa shape index (κ2) is 11.7. The molecule has 0 saturated carbocycles. The lowest BCUT2D eigenvalue weighted by Crippen LogP contribution is -2.32. The maximum absolute atomic E-state index is 2.58. The molecule has 1 aliphatic heterocycles. The van der Waals surface area contributed by atoms with Crippen LogP contribution in [-0.2, 0) is 5.41 Å². The van der Waals surface area contributed by atoms with Crippen molar-refractivity contribution >= 4 is 44.3 Å². The number of fused-ring (bicyclic) bond motifs is 15. The fourth-order valence-electron chi connectivity index (χ4n) is 9.78. The summed E-state index contributed by atoms with van der Waals surface area (Å²) in [5.41, 5.74) is 16.0. The number of hydrogen-bond donors (Lipinski definition) is 0. The SMILES string of the molecule is c1ccc(-c2cc(-c3ccccc3)cc(-n3c4ccc5ccccc5c4c4ccc5c(c43)Sc3ccccc3C53c4ccccc4-c4ccccc43)c2)cc1. The van der Waals surface area contributed by atoms with Crippen molar-refractivity contribution in [2.45, 2.75) is 15.2 Å². The van der Waals surface area contributed by atoms with Gasteiger partial charge in [-0.2, -0.15) is 0 Å². The largest absolute Gasteiger partial charge is 0.308 e. The number of hydrogen-bond acceptors (Lipinski definition) is 1. The maximum atomic E-state index is 2.58. The summed E-state index contributed by atoms with van der Waals surface area (Å²) in [5.74, 6) is 0. The standard InChI is InChI=1S/C53H33NS/c1-3-15-34(16-4-1)37-31-38(35-17-5-2-6-18-35)33-39(32-37)54-48-30-27-36-19-7-8-20-40(36)50(48)43-28-29-47-52(51(43)54)55-49-26-14-13-25-46(49)53(47)44-23-11-9-21-41(44)42-22-10-12-24-45(42)53/h1-33H. The Kier molecular flexibility index (Phi) is 6.55. The van der Waals surface area contributed by atoms with E-state index < -0.39 is 5.41 Å². The lowest BCUT2D eigenvalue weighted by molar-refractivity contribution is 0.724. The normalized spacial score (nSPS) is 13.5. The molecule has 12 rings (SSSR count). The van der Waals surface area contributed by atoms with Gasteiger partial charge in [-0.1, -0.05) is 182 Å². The van der Waals surface area contributed by atoms with Crippen LogP contribution in [0.15, 0.2) is 210 Å². The molecule has 1 spiro atoms. The highest BCUT2D eigenvalue weighted by molar-refractivity contribution is 7.99. The van der Waals surface area contributed by atoms with Crippen LogP contribution < -0.4 is 0 Å². The molecule has 0 amide bonds. The fourth-order valence-corrected chi connectivity index (χ4v) is 11.1. The summed E-state index contributed by atoms with van der Waals surface area (Å²) in [5, 5.41) is 5.10. The molecule has 0 N–H and O–H groups in total. The lowest BCUT2D eigenvalue weighted by Gasteiger charge is -2.40. The Balaban J connectivity index is 1.27. The van der Waals surface area contributed by atoms with Crippen LogP contribution in [0.3, 0.4) is 0 Å². The lowest BCUT2D eigenvalue weighted by atomic mass is 9.67. The van der Waals surface area contributed by atoms with Gasteiger partial charge >= 0.3 is 0 Å². The minimum absolute atomic E-state index is 0.455. The maximum Gasteiger partial charge on any atom is 0.0736 e. The molecule has 2 aliphatic rings. The van der Waals surface area contributed by atoms with E-state index in [-0.39, 0.29) is 0 Å². The van der Waals surface area contributed by atoms with Gasteiger partial charge in [-0.05, 0) is 96.7 Å². The molecule has 0 atom stereocenters. The Morgan fingerprint density at radius 1 is 0.400 bits per heavy atom. The molecule has 9 aromatic carbocycles. The molecule has 55 heavy (non-hydrogen) atoms. The third-order valence-corrected chi connectivity index (χ3v) is 13.2. The average Bonchev–Trinajstić information content (AvgIpc) is 3.76. The zero-order valence-electron chi connectivity index (χ0n) is 29.9. The summed E-state index contributed by atoms with van der Waals surface area (Å²) in [7, 11) is 0. The molecule has 2 heteroatoms. The van der Waals surface area contributed by atoms with Crippen molar-refractivity contribution in [3.05, 3.63) is 222 Å². The van der Waals surface area contributed by atoms with Gasteiger partial charge in [-0.25, -0.2) is 0 Å². The first-order chi connectivity index (χ1) is 27.3. The summed E-state index contributed by atoms with van der Waals surface area (Å²) in [4.78, 5) is 2.62. The van der Waals surface area contributed by atoms with Gasteiger partial charge in [0.05, 0.1) is 16.4 Å². The molecule has 0 unspecified atom stereocenters. The molecule has 0 saturated heterocycles. The summed E-state index contributed by atoms with van der Waals surface area (Å²) in [6, 6.07) is 74.5. The Labute approximate surface area is 324 Å². The van der Waals surface area contributed by atoms with Gasteiger partial charge < -0.3 is 4.57 Å². The number of nitrogens with zero attached hydrogens (tertiary/aromatic N) is 1. The molecule has 0 fully saturated rings. The fraction of sp³-hybridized carbons (Fsp3) is 0.0189. The third-order valence-electron chi connectivity index (χ3n) is 12.0. The van der Waals surface area contributed by atoms with Crippen molar-refractivity contribution in [1.29, 1.82) is 0 Å². The van der Waals surface area contributed by atoms with E-state index in [0.29, 0.717) is 0 Å². The highest BCUT2D eigenvalue weighted by atomic mass is 32.2. The highest BCUT2D eigenvalue weighted by Gasteiger charge is 2.50. The molecule has 1 nitrogen and oxygen atoms in total. The van der Waals surface area contributed by atoms with Crippen LogP contribution in [0, 0.1) is 0 Å². The minimum Gasteiger partial charge on any atom is -0.308 e. The zero-order chi connectivity index (χ0) is 36.1. The van der Waals surface area contributed by atoms with Gasteiger partial charge in [0.15, 0.2) is 0 Å². The average molecular weight is 716 g/mol. The van der Waals surface area contributed by atoms with Gasteiger partial charge in [0, 0.05) is 26.3 Å². The number of rotatable bonds is 3. The molecule has 10 aromatic rings. The molecule has 0 bridgehead atoms. The summed E-state index contributed by atoms with van der Waals surface area (Å²) >= 11 is 1.93. The first-order valence-electron chi connectivity index (χ1n) is 19.0. The van der Waals surface area contributed by atoms with E-state index in [4.69, 9.17) is 0 Å². The topological polar surface area (TPSA) is 4.93 Å². The molecule has 256 valence electrons. The number of benzene rings is 9. The first-order valence-corrected chi connectivity index (χ1v) is 19.8. The van der Waals surface area contributed by atoms with E-state index in [1.54, 1.807) is 0 Å².